The van der Waals surface area contributed by atoms with Crippen molar-refractivity contribution < 1.29 is 4.79 Å². The number of hydrogen-bond donors (Lipinski definition) is 0. The first kappa shape index (κ1) is 21.4. The van der Waals surface area contributed by atoms with Crippen molar-refractivity contribution in [2.75, 3.05) is 13.1 Å². The number of benzene rings is 2. The fourth-order valence-electron chi connectivity index (χ4n) is 5.11. The van der Waals surface area contributed by atoms with Gasteiger partial charge in [0.15, 0.2) is 5.65 Å². The summed E-state index contributed by atoms with van der Waals surface area (Å²) in [5.74, 6) is 0.717. The summed E-state index contributed by atoms with van der Waals surface area (Å²) in [7, 11) is 0. The van der Waals surface area contributed by atoms with E-state index >= 15 is 0 Å². The molecule has 2 aromatic carbocycles. The van der Waals surface area contributed by atoms with Gasteiger partial charge in [0.2, 0.25) is 5.91 Å². The molecule has 1 amide bonds. The average molecular weight is 439 g/mol. The van der Waals surface area contributed by atoms with Crippen molar-refractivity contribution in [1.29, 1.82) is 0 Å². The van der Waals surface area contributed by atoms with Crippen molar-refractivity contribution in [2.24, 2.45) is 5.92 Å². The molecule has 1 saturated heterocycles. The lowest BCUT2D eigenvalue weighted by atomic mass is 9.75. The van der Waals surface area contributed by atoms with Crippen LogP contribution >= 0.6 is 0 Å². The summed E-state index contributed by atoms with van der Waals surface area (Å²) in [6, 6.07) is 20.4. The van der Waals surface area contributed by atoms with Crippen molar-refractivity contribution in [3.8, 4) is 0 Å². The van der Waals surface area contributed by atoms with Crippen molar-refractivity contribution in [1.82, 2.24) is 19.3 Å². The minimum Gasteiger partial charge on any atom is -0.342 e. The van der Waals surface area contributed by atoms with E-state index in [0.717, 1.165) is 61.2 Å². The zero-order valence-electron chi connectivity index (χ0n) is 19.1. The quantitative estimate of drug-likeness (QED) is 0.445. The summed E-state index contributed by atoms with van der Waals surface area (Å²) in [6.45, 7) is 3.66. The van der Waals surface area contributed by atoms with Gasteiger partial charge in [-0.1, -0.05) is 60.7 Å². The first-order valence-electron chi connectivity index (χ1n) is 11.8. The Hall–Kier alpha value is -3.47. The van der Waals surface area contributed by atoms with E-state index in [0.29, 0.717) is 5.92 Å². The number of hydrogen-bond acceptors (Lipinski definition) is 3. The minimum atomic E-state index is -0.698. The number of fused-ring (bicyclic) bond motifs is 1. The van der Waals surface area contributed by atoms with E-state index in [2.05, 4.69) is 52.3 Å². The molecule has 5 rings (SSSR count). The Morgan fingerprint density at radius 2 is 1.67 bits per heavy atom. The molecule has 0 saturated carbocycles. The van der Waals surface area contributed by atoms with E-state index in [4.69, 9.17) is 0 Å². The van der Waals surface area contributed by atoms with Crippen molar-refractivity contribution >= 4 is 11.6 Å². The molecular formula is C28H30N4O. The highest BCUT2D eigenvalue weighted by atomic mass is 16.2. The highest BCUT2D eigenvalue weighted by Crippen LogP contribution is 2.35. The van der Waals surface area contributed by atoms with Crippen LogP contribution in [0.25, 0.3) is 5.65 Å². The number of nitrogens with zero attached hydrogens (tertiary/aromatic N) is 4. The van der Waals surface area contributed by atoms with Gasteiger partial charge in [-0.3, -0.25) is 9.78 Å². The van der Waals surface area contributed by atoms with E-state index in [-0.39, 0.29) is 5.91 Å². The van der Waals surface area contributed by atoms with Crippen LogP contribution in [-0.4, -0.2) is 38.3 Å². The summed E-state index contributed by atoms with van der Waals surface area (Å²) in [4.78, 5) is 25.0. The van der Waals surface area contributed by atoms with Gasteiger partial charge in [0.1, 0.15) is 0 Å². The number of aromatic nitrogens is 3. The third kappa shape index (κ3) is 4.28. The molecule has 168 valence electrons. The summed E-state index contributed by atoms with van der Waals surface area (Å²) in [5, 5.41) is 0. The smallest absolute Gasteiger partial charge is 0.237 e. The summed E-state index contributed by atoms with van der Waals surface area (Å²) in [6.07, 6.45) is 11.7. The highest BCUT2D eigenvalue weighted by molar-refractivity contribution is 5.91. The largest absolute Gasteiger partial charge is 0.342 e. The molecule has 0 N–H and O–H groups in total. The molecule has 1 fully saturated rings. The Balaban J connectivity index is 1.34. The molecule has 1 aliphatic heterocycles. The molecule has 0 bridgehead atoms. The molecule has 33 heavy (non-hydrogen) atoms. The van der Waals surface area contributed by atoms with E-state index in [9.17, 15) is 4.79 Å². The molecule has 2 aromatic heterocycles. The second-order valence-electron chi connectivity index (χ2n) is 9.22. The molecule has 1 atom stereocenters. The Kier molecular flexibility index (Phi) is 5.95. The fraction of sp³-hybridized carbons (Fsp3) is 0.321. The number of carbonyl (C=O) groups excluding carboxylic acids is 1. The Morgan fingerprint density at radius 1 is 0.970 bits per heavy atom. The number of carbonyl (C=O) groups is 1. The van der Waals surface area contributed by atoms with Gasteiger partial charge in [-0.05, 0) is 49.7 Å². The predicted octanol–water partition coefficient (Wildman–Crippen LogP) is 4.91. The first-order valence-corrected chi connectivity index (χ1v) is 11.8. The van der Waals surface area contributed by atoms with Crippen LogP contribution < -0.4 is 0 Å². The van der Waals surface area contributed by atoms with E-state index < -0.39 is 5.41 Å². The van der Waals surface area contributed by atoms with E-state index in [1.54, 1.807) is 6.20 Å². The molecule has 3 heterocycles. The van der Waals surface area contributed by atoms with Crippen LogP contribution in [0.15, 0.2) is 85.5 Å². The second kappa shape index (κ2) is 9.18. The average Bonchev–Trinajstić information content (AvgIpc) is 3.21. The molecule has 4 aromatic rings. The molecule has 0 spiro atoms. The zero-order chi connectivity index (χ0) is 22.7. The zero-order valence-corrected chi connectivity index (χ0v) is 19.1. The standard InChI is InChI=1S/C28H30N4O/c1-28(23-10-4-2-5-11-23,24-12-6-3-7-13-24)27(33)31-16-8-9-22(14-17-31)19-25-21-32-18-15-29-26(32)20-30-25/h2-7,10-13,15,18,20-22H,8-9,14,16-17,19H2,1H3/t22-/m0/s1. The summed E-state index contributed by atoms with van der Waals surface area (Å²) < 4.78 is 2.03. The fourth-order valence-corrected chi connectivity index (χ4v) is 5.11. The Bertz CT molecular complexity index is 1180. The molecule has 5 nitrogen and oxygen atoms in total. The van der Waals surface area contributed by atoms with Gasteiger partial charge in [0.05, 0.1) is 17.3 Å². The van der Waals surface area contributed by atoms with Gasteiger partial charge in [-0.2, -0.15) is 0 Å². The van der Waals surface area contributed by atoms with Crippen LogP contribution in [-0.2, 0) is 16.6 Å². The third-order valence-corrected chi connectivity index (χ3v) is 7.10. The van der Waals surface area contributed by atoms with Gasteiger partial charge < -0.3 is 9.30 Å². The molecule has 5 heteroatoms. The first-order chi connectivity index (χ1) is 16.1. The normalized spacial score (nSPS) is 17.1. The maximum absolute atomic E-state index is 14.1. The number of imidazole rings is 1. The molecule has 0 aliphatic carbocycles. The minimum absolute atomic E-state index is 0.193. The lowest BCUT2D eigenvalue weighted by Crippen LogP contribution is -2.46. The SMILES string of the molecule is CC(C(=O)N1CCC[C@H](Cc2cn3ccnc3cn2)CC1)(c1ccccc1)c1ccccc1. The van der Waals surface area contributed by atoms with Crippen LogP contribution in [0.5, 0.6) is 0 Å². The van der Waals surface area contributed by atoms with Crippen LogP contribution in [0.1, 0.15) is 43.0 Å². The van der Waals surface area contributed by atoms with Gasteiger partial charge in [0, 0.05) is 31.7 Å². The van der Waals surface area contributed by atoms with Crippen LogP contribution in [0.3, 0.4) is 0 Å². The number of amides is 1. The monoisotopic (exact) mass is 438 g/mol. The maximum Gasteiger partial charge on any atom is 0.237 e. The Morgan fingerprint density at radius 3 is 2.36 bits per heavy atom. The van der Waals surface area contributed by atoms with E-state index in [1.807, 2.05) is 53.2 Å². The van der Waals surface area contributed by atoms with Gasteiger partial charge in [-0.25, -0.2) is 4.98 Å². The third-order valence-electron chi connectivity index (χ3n) is 7.10. The van der Waals surface area contributed by atoms with Crippen LogP contribution in [0.2, 0.25) is 0 Å². The number of likely N-dealkylation sites (tertiary alicyclic amines) is 1. The summed E-state index contributed by atoms with van der Waals surface area (Å²) >= 11 is 0. The van der Waals surface area contributed by atoms with Gasteiger partial charge >= 0.3 is 0 Å². The van der Waals surface area contributed by atoms with Crippen LogP contribution in [0.4, 0.5) is 0 Å². The number of rotatable bonds is 5. The topological polar surface area (TPSA) is 50.5 Å². The van der Waals surface area contributed by atoms with Crippen LogP contribution in [0, 0.1) is 5.92 Å². The highest BCUT2D eigenvalue weighted by Gasteiger charge is 2.40. The lowest BCUT2D eigenvalue weighted by Gasteiger charge is -2.35. The van der Waals surface area contributed by atoms with Crippen molar-refractivity contribution in [3.05, 3.63) is 102 Å². The van der Waals surface area contributed by atoms with E-state index in [1.165, 1.54) is 0 Å². The van der Waals surface area contributed by atoms with Crippen molar-refractivity contribution in [3.63, 3.8) is 0 Å². The summed E-state index contributed by atoms with van der Waals surface area (Å²) in [5.41, 5.74) is 3.34. The molecule has 0 radical (unpaired) electrons. The second-order valence-corrected chi connectivity index (χ2v) is 9.22. The predicted molar refractivity (Wildman–Crippen MR) is 130 cm³/mol. The van der Waals surface area contributed by atoms with Gasteiger partial charge in [-0.15, -0.1) is 0 Å². The maximum atomic E-state index is 14.1. The molecular weight excluding hydrogens is 408 g/mol. The lowest BCUT2D eigenvalue weighted by molar-refractivity contribution is -0.135. The molecule has 0 unspecified atom stereocenters. The van der Waals surface area contributed by atoms with Gasteiger partial charge in [0.25, 0.3) is 0 Å². The molecule has 1 aliphatic rings. The Labute approximate surface area is 195 Å². The van der Waals surface area contributed by atoms with Crippen molar-refractivity contribution in [2.45, 2.75) is 38.0 Å².